The van der Waals surface area contributed by atoms with E-state index < -0.39 is 0 Å². The number of hydrogen-bond donors (Lipinski definition) is 2. The van der Waals surface area contributed by atoms with Gasteiger partial charge in [-0.15, -0.1) is 0 Å². The number of nitrogen functional groups attached to an aromatic ring is 1. The lowest BCUT2D eigenvalue weighted by atomic mass is 10.0. The van der Waals surface area contributed by atoms with E-state index in [4.69, 9.17) is 5.73 Å². The van der Waals surface area contributed by atoms with Gasteiger partial charge in [-0.1, -0.05) is 24.6 Å². The molecule has 1 heterocycles. The Bertz CT molecular complexity index is 374. The van der Waals surface area contributed by atoms with E-state index in [0.717, 1.165) is 11.0 Å². The summed E-state index contributed by atoms with van der Waals surface area (Å²) in [5, 5.41) is 4.21. The van der Waals surface area contributed by atoms with Gasteiger partial charge in [-0.05, 0) is 26.0 Å². The van der Waals surface area contributed by atoms with Crippen molar-refractivity contribution < 1.29 is 0 Å². The molecule has 88 valence electrons. The Kier molecular flexibility index (Phi) is 3.23. The van der Waals surface area contributed by atoms with Crippen LogP contribution in [0.4, 0.5) is 11.6 Å². The first-order valence-corrected chi connectivity index (χ1v) is 6.80. The molecule has 1 aromatic rings. The van der Waals surface area contributed by atoms with Gasteiger partial charge >= 0.3 is 0 Å². The quantitative estimate of drug-likeness (QED) is 0.626. The fraction of sp³-hybridized carbons (Fsp3) is 0.636. The molecule has 0 aromatic carbocycles. The molecule has 0 radical (unpaired) electrons. The van der Waals surface area contributed by atoms with Crippen LogP contribution in [0.5, 0.6) is 0 Å². The molecule has 0 amide bonds. The molecule has 4 nitrogen and oxygen atoms in total. The van der Waals surface area contributed by atoms with Gasteiger partial charge in [0.1, 0.15) is 11.6 Å². The summed E-state index contributed by atoms with van der Waals surface area (Å²) >= 11 is 1.51. The van der Waals surface area contributed by atoms with E-state index in [2.05, 4.69) is 22.2 Å². The fourth-order valence-electron chi connectivity index (χ4n) is 2.19. The van der Waals surface area contributed by atoms with Crippen molar-refractivity contribution >= 4 is 23.4 Å². The Labute approximate surface area is 100 Å². The lowest BCUT2D eigenvalue weighted by molar-refractivity contribution is 0.530. The Balaban J connectivity index is 2.17. The van der Waals surface area contributed by atoms with Crippen molar-refractivity contribution in [3.8, 4) is 0 Å². The summed E-state index contributed by atoms with van der Waals surface area (Å²) < 4.78 is 0. The topological polar surface area (TPSA) is 63.8 Å². The van der Waals surface area contributed by atoms with E-state index in [1.807, 2.05) is 12.3 Å². The molecule has 0 aliphatic heterocycles. The van der Waals surface area contributed by atoms with Crippen molar-refractivity contribution in [2.75, 3.05) is 17.3 Å². The van der Waals surface area contributed by atoms with Crippen LogP contribution in [0, 0.1) is 0 Å². The van der Waals surface area contributed by atoms with Crippen molar-refractivity contribution in [2.45, 2.75) is 43.3 Å². The van der Waals surface area contributed by atoms with Gasteiger partial charge in [0.15, 0.2) is 5.16 Å². The third kappa shape index (κ3) is 2.58. The van der Waals surface area contributed by atoms with Crippen molar-refractivity contribution in [3.05, 3.63) is 6.07 Å². The van der Waals surface area contributed by atoms with Crippen LogP contribution in [-0.2, 0) is 0 Å². The zero-order chi connectivity index (χ0) is 11.6. The SMILES string of the molecule is CSc1nc(N)cc(NC2(C)CCCC2)n1. The summed E-state index contributed by atoms with van der Waals surface area (Å²) in [6.45, 7) is 2.25. The smallest absolute Gasteiger partial charge is 0.191 e. The Hall–Kier alpha value is -0.970. The molecule has 0 bridgehead atoms. The van der Waals surface area contributed by atoms with E-state index in [9.17, 15) is 0 Å². The van der Waals surface area contributed by atoms with Gasteiger partial charge in [0.05, 0.1) is 0 Å². The van der Waals surface area contributed by atoms with Gasteiger partial charge in [-0.25, -0.2) is 9.97 Å². The third-order valence-corrected chi connectivity index (χ3v) is 3.59. The zero-order valence-corrected chi connectivity index (χ0v) is 10.6. The minimum absolute atomic E-state index is 0.177. The number of nitrogens with zero attached hydrogens (tertiary/aromatic N) is 2. The summed E-state index contributed by atoms with van der Waals surface area (Å²) in [6.07, 6.45) is 6.94. The van der Waals surface area contributed by atoms with Gasteiger partial charge in [0, 0.05) is 11.6 Å². The molecule has 5 heteroatoms. The molecule has 16 heavy (non-hydrogen) atoms. The van der Waals surface area contributed by atoms with Gasteiger partial charge in [0.2, 0.25) is 0 Å². The molecule has 0 spiro atoms. The zero-order valence-electron chi connectivity index (χ0n) is 9.79. The van der Waals surface area contributed by atoms with Gasteiger partial charge in [0.25, 0.3) is 0 Å². The number of nitrogens with two attached hydrogens (primary N) is 1. The molecule has 3 N–H and O–H groups in total. The lowest BCUT2D eigenvalue weighted by Gasteiger charge is -2.26. The molecule has 2 rings (SSSR count). The Morgan fingerprint density at radius 2 is 2.06 bits per heavy atom. The molecule has 1 saturated carbocycles. The average Bonchev–Trinajstić information content (AvgIpc) is 2.63. The van der Waals surface area contributed by atoms with Crippen molar-refractivity contribution in [1.29, 1.82) is 0 Å². The molecule has 1 aliphatic carbocycles. The van der Waals surface area contributed by atoms with E-state index in [1.54, 1.807) is 0 Å². The van der Waals surface area contributed by atoms with Crippen LogP contribution < -0.4 is 11.1 Å². The lowest BCUT2D eigenvalue weighted by Crippen LogP contribution is -2.31. The molecule has 1 aromatic heterocycles. The highest BCUT2D eigenvalue weighted by atomic mass is 32.2. The molecular formula is C11H18N4S. The van der Waals surface area contributed by atoms with E-state index in [1.165, 1.54) is 37.4 Å². The van der Waals surface area contributed by atoms with Crippen LogP contribution in [0.2, 0.25) is 0 Å². The molecule has 1 fully saturated rings. The maximum absolute atomic E-state index is 5.75. The van der Waals surface area contributed by atoms with E-state index in [-0.39, 0.29) is 5.54 Å². The normalized spacial score (nSPS) is 18.6. The summed E-state index contributed by atoms with van der Waals surface area (Å²) in [7, 11) is 0. The summed E-state index contributed by atoms with van der Waals surface area (Å²) in [5.41, 5.74) is 5.92. The average molecular weight is 238 g/mol. The first-order chi connectivity index (χ1) is 7.61. The summed E-state index contributed by atoms with van der Waals surface area (Å²) in [5.74, 6) is 1.38. The maximum Gasteiger partial charge on any atom is 0.191 e. The first kappa shape index (κ1) is 11.5. The largest absolute Gasteiger partial charge is 0.383 e. The number of aromatic nitrogens is 2. The van der Waals surface area contributed by atoms with Crippen LogP contribution >= 0.6 is 11.8 Å². The number of anilines is 2. The first-order valence-electron chi connectivity index (χ1n) is 5.58. The van der Waals surface area contributed by atoms with Crippen LogP contribution in [0.15, 0.2) is 11.2 Å². The minimum atomic E-state index is 0.177. The highest BCUT2D eigenvalue weighted by Gasteiger charge is 2.28. The number of thioether (sulfide) groups is 1. The number of hydrogen-bond acceptors (Lipinski definition) is 5. The summed E-state index contributed by atoms with van der Waals surface area (Å²) in [4.78, 5) is 8.56. The van der Waals surface area contributed by atoms with E-state index in [0.29, 0.717) is 5.82 Å². The minimum Gasteiger partial charge on any atom is -0.383 e. The van der Waals surface area contributed by atoms with Crippen molar-refractivity contribution in [2.24, 2.45) is 0 Å². The Morgan fingerprint density at radius 1 is 1.38 bits per heavy atom. The predicted molar refractivity (Wildman–Crippen MR) is 68.7 cm³/mol. The third-order valence-electron chi connectivity index (χ3n) is 3.04. The second kappa shape index (κ2) is 4.49. The number of rotatable bonds is 3. The molecule has 0 saturated heterocycles. The predicted octanol–water partition coefficient (Wildman–Crippen LogP) is 2.53. The highest BCUT2D eigenvalue weighted by Crippen LogP contribution is 2.32. The molecule has 0 atom stereocenters. The standard InChI is InChI=1S/C11H18N4S/c1-11(5-3-4-6-11)15-9-7-8(12)13-10(14-9)16-2/h7H,3-6H2,1-2H3,(H3,12,13,14,15). The highest BCUT2D eigenvalue weighted by molar-refractivity contribution is 7.98. The second-order valence-electron chi connectivity index (χ2n) is 4.56. The summed E-state index contributed by atoms with van der Waals surface area (Å²) in [6, 6.07) is 1.81. The molecular weight excluding hydrogens is 220 g/mol. The second-order valence-corrected chi connectivity index (χ2v) is 5.33. The van der Waals surface area contributed by atoms with Crippen LogP contribution in [0.1, 0.15) is 32.6 Å². The molecule has 1 aliphatic rings. The number of nitrogens with one attached hydrogen (secondary N) is 1. The van der Waals surface area contributed by atoms with Crippen molar-refractivity contribution in [1.82, 2.24) is 9.97 Å². The van der Waals surface area contributed by atoms with Crippen LogP contribution in [-0.4, -0.2) is 21.8 Å². The van der Waals surface area contributed by atoms with Crippen molar-refractivity contribution in [3.63, 3.8) is 0 Å². The van der Waals surface area contributed by atoms with Gasteiger partial charge in [-0.3, -0.25) is 0 Å². The van der Waals surface area contributed by atoms with Crippen LogP contribution in [0.3, 0.4) is 0 Å². The van der Waals surface area contributed by atoms with Gasteiger partial charge < -0.3 is 11.1 Å². The maximum atomic E-state index is 5.75. The monoisotopic (exact) mass is 238 g/mol. The Morgan fingerprint density at radius 3 is 2.69 bits per heavy atom. The van der Waals surface area contributed by atoms with E-state index >= 15 is 0 Å². The molecule has 0 unspecified atom stereocenters. The van der Waals surface area contributed by atoms with Gasteiger partial charge in [-0.2, -0.15) is 0 Å². The fourth-order valence-corrected chi connectivity index (χ4v) is 2.57. The van der Waals surface area contributed by atoms with Crippen LogP contribution in [0.25, 0.3) is 0 Å².